The van der Waals surface area contributed by atoms with Gasteiger partial charge in [-0.25, -0.2) is 19.3 Å². The fraction of sp³-hybridized carbons (Fsp3) is 0.312. The van der Waals surface area contributed by atoms with Crippen molar-refractivity contribution in [3.8, 4) is 0 Å². The Morgan fingerprint density at radius 1 is 1.38 bits per heavy atom. The number of fused-ring (bicyclic) bond motifs is 1. The molecule has 0 fully saturated rings. The summed E-state index contributed by atoms with van der Waals surface area (Å²) in [5.41, 5.74) is 5.57. The number of H-pyrrole nitrogens is 1. The van der Waals surface area contributed by atoms with Gasteiger partial charge in [0, 0.05) is 17.7 Å². The average Bonchev–Trinajstić information content (AvgIpc) is 2.89. The van der Waals surface area contributed by atoms with E-state index in [9.17, 15) is 14.0 Å². The molecule has 0 aromatic carbocycles. The van der Waals surface area contributed by atoms with E-state index in [1.165, 1.54) is 17.7 Å². The van der Waals surface area contributed by atoms with Crippen molar-refractivity contribution in [2.75, 3.05) is 5.43 Å². The number of nitrogens with zero attached hydrogens (tertiary/aromatic N) is 3. The number of thiophene rings is 1. The number of anilines is 1. The lowest BCUT2D eigenvalue weighted by atomic mass is 10.2. The first-order valence-corrected chi connectivity index (χ1v) is 8.76. The van der Waals surface area contributed by atoms with Gasteiger partial charge in [-0.1, -0.05) is 0 Å². The SMILES string of the molecule is Cc1sc2nc(CCCC(=O)NNc3ncncc3F)[nH]c(=O)c2c1C. The van der Waals surface area contributed by atoms with Gasteiger partial charge >= 0.3 is 0 Å². The summed E-state index contributed by atoms with van der Waals surface area (Å²) in [5.74, 6) is -0.543. The number of carbonyl (C=O) groups is 1. The molecule has 26 heavy (non-hydrogen) atoms. The molecular formula is C16H17FN6O2S. The average molecular weight is 376 g/mol. The molecule has 0 saturated carbocycles. The van der Waals surface area contributed by atoms with E-state index in [0.29, 0.717) is 28.9 Å². The Balaban J connectivity index is 1.55. The summed E-state index contributed by atoms with van der Waals surface area (Å²) in [4.78, 5) is 40.2. The molecule has 0 saturated heterocycles. The summed E-state index contributed by atoms with van der Waals surface area (Å²) in [7, 11) is 0. The highest BCUT2D eigenvalue weighted by Gasteiger charge is 2.12. The van der Waals surface area contributed by atoms with Crippen molar-refractivity contribution in [3.05, 3.63) is 45.0 Å². The molecule has 0 aliphatic heterocycles. The van der Waals surface area contributed by atoms with E-state index < -0.39 is 5.82 Å². The van der Waals surface area contributed by atoms with Crippen LogP contribution in [-0.2, 0) is 11.2 Å². The first-order chi connectivity index (χ1) is 12.5. The largest absolute Gasteiger partial charge is 0.310 e. The predicted molar refractivity (Wildman–Crippen MR) is 96.4 cm³/mol. The van der Waals surface area contributed by atoms with E-state index in [1.807, 2.05) is 13.8 Å². The van der Waals surface area contributed by atoms with Gasteiger partial charge in [-0.15, -0.1) is 11.3 Å². The number of aryl methyl sites for hydroxylation is 3. The minimum atomic E-state index is -0.663. The Kier molecular flexibility index (Phi) is 5.21. The van der Waals surface area contributed by atoms with Crippen molar-refractivity contribution in [1.82, 2.24) is 25.4 Å². The van der Waals surface area contributed by atoms with Crippen molar-refractivity contribution in [3.63, 3.8) is 0 Å². The summed E-state index contributed by atoms with van der Waals surface area (Å²) >= 11 is 1.49. The fourth-order valence-electron chi connectivity index (χ4n) is 2.43. The topological polar surface area (TPSA) is 113 Å². The standard InChI is InChI=1S/C16H17FN6O2S/c1-8-9(2)26-16-13(8)15(25)20-11(21-16)4-3-5-12(24)22-23-14-10(17)6-18-7-19-14/h6-7H,3-5H2,1-2H3,(H,22,24)(H,18,19,23)(H,20,21,25). The smallest absolute Gasteiger partial charge is 0.259 e. The van der Waals surface area contributed by atoms with Crippen LogP contribution < -0.4 is 16.4 Å². The number of amides is 1. The quantitative estimate of drug-likeness (QED) is 0.567. The molecule has 0 atom stereocenters. The lowest BCUT2D eigenvalue weighted by molar-refractivity contribution is -0.120. The zero-order valence-corrected chi connectivity index (χ0v) is 15.0. The molecular weight excluding hydrogens is 359 g/mol. The van der Waals surface area contributed by atoms with Crippen LogP contribution in [0.3, 0.4) is 0 Å². The molecule has 0 bridgehead atoms. The second-order valence-corrected chi connectivity index (χ2v) is 6.93. The van der Waals surface area contributed by atoms with E-state index in [2.05, 4.69) is 30.8 Å². The van der Waals surface area contributed by atoms with E-state index in [4.69, 9.17) is 0 Å². The Bertz CT molecular complexity index is 1020. The molecule has 3 aromatic rings. The summed E-state index contributed by atoms with van der Waals surface area (Å²) in [6.45, 7) is 3.86. The van der Waals surface area contributed by atoms with Crippen molar-refractivity contribution in [2.24, 2.45) is 0 Å². The number of hydrazine groups is 1. The molecule has 8 nitrogen and oxygen atoms in total. The summed E-state index contributed by atoms with van der Waals surface area (Å²) in [6, 6.07) is 0. The number of halogens is 1. The normalized spacial score (nSPS) is 10.9. The second-order valence-electron chi connectivity index (χ2n) is 5.72. The van der Waals surface area contributed by atoms with Gasteiger partial charge in [0.2, 0.25) is 5.91 Å². The Labute approximate surface area is 151 Å². The number of rotatable bonds is 6. The zero-order valence-electron chi connectivity index (χ0n) is 14.2. The van der Waals surface area contributed by atoms with Crippen LogP contribution in [-0.4, -0.2) is 25.8 Å². The highest BCUT2D eigenvalue weighted by molar-refractivity contribution is 7.18. The summed E-state index contributed by atoms with van der Waals surface area (Å²) in [5, 5.41) is 0.630. The van der Waals surface area contributed by atoms with E-state index in [-0.39, 0.29) is 23.7 Å². The molecule has 3 N–H and O–H groups in total. The molecule has 1 amide bonds. The van der Waals surface area contributed by atoms with Crippen LogP contribution in [0.25, 0.3) is 10.2 Å². The van der Waals surface area contributed by atoms with Gasteiger partial charge in [-0.3, -0.25) is 20.4 Å². The lowest BCUT2D eigenvalue weighted by Crippen LogP contribution is -2.30. The van der Waals surface area contributed by atoms with Gasteiger partial charge in [-0.2, -0.15) is 0 Å². The zero-order chi connectivity index (χ0) is 18.7. The van der Waals surface area contributed by atoms with E-state index in [0.717, 1.165) is 16.6 Å². The third kappa shape index (κ3) is 3.85. The van der Waals surface area contributed by atoms with Crippen molar-refractivity contribution in [2.45, 2.75) is 33.1 Å². The van der Waals surface area contributed by atoms with Gasteiger partial charge in [0.15, 0.2) is 11.6 Å². The predicted octanol–water partition coefficient (Wildman–Crippen LogP) is 2.00. The van der Waals surface area contributed by atoms with Gasteiger partial charge in [0.1, 0.15) is 17.0 Å². The minimum absolute atomic E-state index is 0.103. The number of carbonyl (C=O) groups excluding carboxylic acids is 1. The molecule has 3 heterocycles. The van der Waals surface area contributed by atoms with Gasteiger partial charge in [0.05, 0.1) is 11.6 Å². The molecule has 3 rings (SSSR count). The Morgan fingerprint density at radius 2 is 2.19 bits per heavy atom. The number of hydrogen-bond acceptors (Lipinski definition) is 7. The van der Waals surface area contributed by atoms with Crippen LogP contribution in [0.4, 0.5) is 10.2 Å². The molecule has 0 unspecified atom stereocenters. The lowest BCUT2D eigenvalue weighted by Gasteiger charge is -2.07. The number of aromatic amines is 1. The maximum atomic E-state index is 13.3. The maximum Gasteiger partial charge on any atom is 0.259 e. The maximum absolute atomic E-state index is 13.3. The van der Waals surface area contributed by atoms with Crippen LogP contribution in [0.1, 0.15) is 29.1 Å². The molecule has 10 heteroatoms. The van der Waals surface area contributed by atoms with E-state index in [1.54, 1.807) is 0 Å². The van der Waals surface area contributed by atoms with Gasteiger partial charge < -0.3 is 4.98 Å². The monoisotopic (exact) mass is 376 g/mol. The highest BCUT2D eigenvalue weighted by atomic mass is 32.1. The number of nitrogens with one attached hydrogen (secondary N) is 3. The molecule has 0 radical (unpaired) electrons. The van der Waals surface area contributed by atoms with Crippen LogP contribution in [0, 0.1) is 19.7 Å². The van der Waals surface area contributed by atoms with Gasteiger partial charge in [-0.05, 0) is 25.8 Å². The van der Waals surface area contributed by atoms with E-state index >= 15 is 0 Å². The molecule has 3 aromatic heterocycles. The van der Waals surface area contributed by atoms with Crippen molar-refractivity contribution in [1.29, 1.82) is 0 Å². The first-order valence-electron chi connectivity index (χ1n) is 7.95. The third-order valence-corrected chi connectivity index (χ3v) is 4.99. The first kappa shape index (κ1) is 17.9. The molecule has 0 aliphatic carbocycles. The molecule has 136 valence electrons. The van der Waals surface area contributed by atoms with Crippen LogP contribution >= 0.6 is 11.3 Å². The van der Waals surface area contributed by atoms with Crippen molar-refractivity contribution < 1.29 is 9.18 Å². The Hall–Kier alpha value is -2.88. The van der Waals surface area contributed by atoms with Crippen LogP contribution in [0.15, 0.2) is 17.3 Å². The van der Waals surface area contributed by atoms with Crippen LogP contribution in [0.2, 0.25) is 0 Å². The summed E-state index contributed by atoms with van der Waals surface area (Å²) < 4.78 is 13.3. The molecule has 0 spiro atoms. The van der Waals surface area contributed by atoms with Crippen molar-refractivity contribution >= 4 is 33.3 Å². The highest BCUT2D eigenvalue weighted by Crippen LogP contribution is 2.25. The number of aromatic nitrogens is 4. The second kappa shape index (κ2) is 7.56. The molecule has 0 aliphatic rings. The fourth-order valence-corrected chi connectivity index (χ4v) is 3.48. The van der Waals surface area contributed by atoms with Gasteiger partial charge in [0.25, 0.3) is 5.56 Å². The minimum Gasteiger partial charge on any atom is -0.310 e. The third-order valence-electron chi connectivity index (χ3n) is 3.89. The van der Waals surface area contributed by atoms with Crippen LogP contribution in [0.5, 0.6) is 0 Å². The Morgan fingerprint density at radius 3 is 2.96 bits per heavy atom. The summed E-state index contributed by atoms with van der Waals surface area (Å²) in [6.07, 6.45) is 3.29. The number of hydrogen-bond donors (Lipinski definition) is 3.